The molecule has 1 aromatic rings. The van der Waals surface area contributed by atoms with Crippen LogP contribution in [0.3, 0.4) is 0 Å². The summed E-state index contributed by atoms with van der Waals surface area (Å²) in [6.45, 7) is 0. The van der Waals surface area contributed by atoms with E-state index < -0.39 is 24.5 Å². The van der Waals surface area contributed by atoms with E-state index in [-0.39, 0.29) is 12.0 Å². The van der Waals surface area contributed by atoms with Gasteiger partial charge in [-0.1, -0.05) is 18.2 Å². The van der Waals surface area contributed by atoms with Crippen LogP contribution in [-0.2, 0) is 0 Å². The summed E-state index contributed by atoms with van der Waals surface area (Å²) >= 11 is 0. The Kier molecular flexibility index (Phi) is 3.68. The van der Waals surface area contributed by atoms with Gasteiger partial charge >= 0.3 is 6.18 Å². The second-order valence-electron chi connectivity index (χ2n) is 3.28. The van der Waals surface area contributed by atoms with Gasteiger partial charge in [0.2, 0.25) is 0 Å². The summed E-state index contributed by atoms with van der Waals surface area (Å²) < 4.78 is 48.7. The molecule has 0 saturated heterocycles. The largest absolute Gasteiger partial charge is 0.389 e. The number of hydrogen-bond acceptors (Lipinski definition) is 1. The average Bonchev–Trinajstić information content (AvgIpc) is 2.14. The number of rotatable bonds is 3. The molecule has 0 aliphatic heterocycles. The molecule has 1 nitrogen and oxygen atoms in total. The fraction of sp³-hybridized carbons (Fsp3) is 0.400. The van der Waals surface area contributed by atoms with Gasteiger partial charge in [0.15, 0.2) is 0 Å². The molecule has 0 aliphatic rings. The topological polar surface area (TPSA) is 26.0 Å². The summed E-state index contributed by atoms with van der Waals surface area (Å²) in [4.78, 5) is 0. The summed E-state index contributed by atoms with van der Waals surface area (Å²) in [6.07, 6.45) is -5.55. The number of hydrogen-bond donors (Lipinski definition) is 1. The van der Waals surface area contributed by atoms with Crippen molar-refractivity contribution in [3.05, 3.63) is 35.6 Å². The highest BCUT2D eigenvalue weighted by molar-refractivity contribution is 5.20. The van der Waals surface area contributed by atoms with Gasteiger partial charge < -0.3 is 5.73 Å². The second kappa shape index (κ2) is 4.61. The molecule has 84 valence electrons. The molecule has 0 heterocycles. The highest BCUT2D eigenvalue weighted by Gasteiger charge is 2.28. The molecule has 0 amide bonds. The summed E-state index contributed by atoms with van der Waals surface area (Å²) in [5.41, 5.74) is 5.59. The average molecular weight is 221 g/mol. The number of halogens is 4. The van der Waals surface area contributed by atoms with Crippen LogP contribution >= 0.6 is 0 Å². The molecule has 1 atom stereocenters. The Balaban J connectivity index is 2.62. The van der Waals surface area contributed by atoms with Crippen molar-refractivity contribution >= 4 is 0 Å². The second-order valence-corrected chi connectivity index (χ2v) is 3.28. The van der Waals surface area contributed by atoms with Gasteiger partial charge in [0.25, 0.3) is 0 Å². The van der Waals surface area contributed by atoms with E-state index in [2.05, 4.69) is 0 Å². The van der Waals surface area contributed by atoms with Gasteiger partial charge in [-0.2, -0.15) is 13.2 Å². The van der Waals surface area contributed by atoms with E-state index in [0.717, 1.165) is 0 Å². The van der Waals surface area contributed by atoms with Crippen LogP contribution in [0.25, 0.3) is 0 Å². The third kappa shape index (κ3) is 3.87. The van der Waals surface area contributed by atoms with Crippen molar-refractivity contribution in [3.63, 3.8) is 0 Å². The predicted octanol–water partition coefficient (Wildman–Crippen LogP) is 3.17. The predicted molar refractivity (Wildman–Crippen MR) is 48.6 cm³/mol. The number of benzene rings is 1. The third-order valence-corrected chi connectivity index (χ3v) is 2.04. The Labute approximate surface area is 84.9 Å². The lowest BCUT2D eigenvalue weighted by Gasteiger charge is -2.13. The van der Waals surface area contributed by atoms with Gasteiger partial charge in [-0.3, -0.25) is 0 Å². The molecule has 15 heavy (non-hydrogen) atoms. The minimum absolute atomic E-state index is 0.127. The lowest BCUT2D eigenvalue weighted by Crippen LogP contribution is -2.16. The van der Waals surface area contributed by atoms with Gasteiger partial charge in [0.1, 0.15) is 5.82 Å². The van der Waals surface area contributed by atoms with E-state index in [1.165, 1.54) is 18.2 Å². The Morgan fingerprint density at radius 1 is 1.20 bits per heavy atom. The maximum atomic E-state index is 13.1. The zero-order chi connectivity index (χ0) is 11.5. The first-order chi connectivity index (χ1) is 6.90. The summed E-state index contributed by atoms with van der Waals surface area (Å²) in [5.74, 6) is -0.563. The fourth-order valence-corrected chi connectivity index (χ4v) is 1.25. The molecule has 0 saturated carbocycles. The quantitative estimate of drug-likeness (QED) is 0.779. The Morgan fingerprint density at radius 2 is 1.80 bits per heavy atom. The molecule has 0 aliphatic carbocycles. The number of nitrogens with two attached hydrogens (primary N) is 1. The molecule has 0 aromatic heterocycles. The van der Waals surface area contributed by atoms with Gasteiger partial charge in [0, 0.05) is 18.0 Å². The first kappa shape index (κ1) is 12.0. The number of alkyl halides is 3. The lowest BCUT2D eigenvalue weighted by atomic mass is 10.0. The fourth-order valence-electron chi connectivity index (χ4n) is 1.25. The van der Waals surface area contributed by atoms with E-state index >= 15 is 0 Å². The van der Waals surface area contributed by atoms with Crippen molar-refractivity contribution in [2.75, 3.05) is 0 Å². The molecule has 1 rings (SSSR count). The van der Waals surface area contributed by atoms with E-state index in [9.17, 15) is 17.6 Å². The van der Waals surface area contributed by atoms with Crippen molar-refractivity contribution in [1.82, 2.24) is 0 Å². The molecule has 2 N–H and O–H groups in total. The highest BCUT2D eigenvalue weighted by atomic mass is 19.4. The molecule has 1 unspecified atom stereocenters. The third-order valence-electron chi connectivity index (χ3n) is 2.04. The lowest BCUT2D eigenvalue weighted by molar-refractivity contribution is -0.136. The van der Waals surface area contributed by atoms with Crippen molar-refractivity contribution in [2.45, 2.75) is 25.1 Å². The zero-order valence-corrected chi connectivity index (χ0v) is 7.89. The van der Waals surface area contributed by atoms with Crippen molar-refractivity contribution in [3.8, 4) is 0 Å². The standard InChI is InChI=1S/C10H11F4N/c11-8-4-2-1-3-7(8)9(15)5-6-10(12,13)14/h1-4,9H,5-6,15H2. The van der Waals surface area contributed by atoms with E-state index in [1.54, 1.807) is 6.07 Å². The molecule has 0 spiro atoms. The van der Waals surface area contributed by atoms with Crippen molar-refractivity contribution < 1.29 is 17.6 Å². The molecule has 0 bridgehead atoms. The van der Waals surface area contributed by atoms with Gasteiger partial charge in [-0.25, -0.2) is 4.39 Å². The Morgan fingerprint density at radius 3 is 2.33 bits per heavy atom. The maximum Gasteiger partial charge on any atom is 0.389 e. The van der Waals surface area contributed by atoms with Crippen LogP contribution < -0.4 is 5.73 Å². The van der Waals surface area contributed by atoms with E-state index in [0.29, 0.717) is 0 Å². The molecular weight excluding hydrogens is 210 g/mol. The van der Waals surface area contributed by atoms with Crippen LogP contribution in [0, 0.1) is 5.82 Å². The van der Waals surface area contributed by atoms with Crippen LogP contribution in [0.1, 0.15) is 24.4 Å². The van der Waals surface area contributed by atoms with Crippen molar-refractivity contribution in [2.24, 2.45) is 5.73 Å². The summed E-state index contributed by atoms with van der Waals surface area (Å²) in [5, 5.41) is 0. The van der Waals surface area contributed by atoms with Crippen LogP contribution in [0.15, 0.2) is 24.3 Å². The molecular formula is C10H11F4N. The molecule has 5 heteroatoms. The molecule has 1 aromatic carbocycles. The smallest absolute Gasteiger partial charge is 0.324 e. The Bertz CT molecular complexity index is 321. The SMILES string of the molecule is NC(CCC(F)(F)F)c1ccccc1F. The van der Waals surface area contributed by atoms with Crippen LogP contribution in [0.4, 0.5) is 17.6 Å². The van der Waals surface area contributed by atoms with Gasteiger partial charge in [-0.15, -0.1) is 0 Å². The highest BCUT2D eigenvalue weighted by Crippen LogP contribution is 2.27. The summed E-state index contributed by atoms with van der Waals surface area (Å²) in [6, 6.07) is 4.69. The van der Waals surface area contributed by atoms with Crippen molar-refractivity contribution in [1.29, 1.82) is 0 Å². The van der Waals surface area contributed by atoms with Crippen LogP contribution in [-0.4, -0.2) is 6.18 Å². The van der Waals surface area contributed by atoms with Crippen LogP contribution in [0.5, 0.6) is 0 Å². The molecule has 0 radical (unpaired) electrons. The summed E-state index contributed by atoms with van der Waals surface area (Å²) in [7, 11) is 0. The van der Waals surface area contributed by atoms with Gasteiger partial charge in [0.05, 0.1) is 0 Å². The maximum absolute atomic E-state index is 13.1. The first-order valence-electron chi connectivity index (χ1n) is 4.47. The monoisotopic (exact) mass is 221 g/mol. The minimum atomic E-state index is -4.25. The zero-order valence-electron chi connectivity index (χ0n) is 7.89. The van der Waals surface area contributed by atoms with Gasteiger partial charge in [-0.05, 0) is 12.5 Å². The first-order valence-corrected chi connectivity index (χ1v) is 4.47. The van der Waals surface area contributed by atoms with Crippen LogP contribution in [0.2, 0.25) is 0 Å². The molecule has 0 fully saturated rings. The minimum Gasteiger partial charge on any atom is -0.324 e. The normalized spacial score (nSPS) is 13.9. The Hall–Kier alpha value is -1.10. The van der Waals surface area contributed by atoms with E-state index in [4.69, 9.17) is 5.73 Å². The van der Waals surface area contributed by atoms with E-state index in [1.807, 2.05) is 0 Å².